The molecule has 0 radical (unpaired) electrons. The Morgan fingerprint density at radius 3 is 2.05 bits per heavy atom. The number of carboxylic acids is 1. The summed E-state index contributed by atoms with van der Waals surface area (Å²) < 4.78 is 32.7. The quantitative estimate of drug-likeness (QED) is 0.0504. The van der Waals surface area contributed by atoms with Crippen LogP contribution in [0.4, 0.5) is 0 Å². The van der Waals surface area contributed by atoms with Gasteiger partial charge < -0.3 is 44.6 Å². The lowest BCUT2D eigenvalue weighted by molar-refractivity contribution is -0.146. The number of hydrogen-bond donors (Lipinski definition) is 7. The van der Waals surface area contributed by atoms with E-state index in [0.717, 1.165) is 0 Å². The first-order chi connectivity index (χ1) is 18.1. The summed E-state index contributed by atoms with van der Waals surface area (Å²) in [6, 6.07) is 0. The molecule has 20 heteroatoms. The van der Waals surface area contributed by atoms with Gasteiger partial charge in [-0.15, -0.1) is 0 Å². The Morgan fingerprint density at radius 1 is 0.949 bits per heavy atom. The maximum atomic E-state index is 12.3. The minimum atomic E-state index is -5.60. The van der Waals surface area contributed by atoms with E-state index in [0.29, 0.717) is 39.3 Å². The van der Waals surface area contributed by atoms with Crippen molar-refractivity contribution in [3.05, 3.63) is 0 Å². The number of ether oxygens (including phenoxy) is 2. The van der Waals surface area contributed by atoms with Gasteiger partial charge in [0.15, 0.2) is 6.23 Å². The van der Waals surface area contributed by atoms with Crippen LogP contribution in [0.1, 0.15) is 25.7 Å². The van der Waals surface area contributed by atoms with Crippen LogP contribution in [-0.2, 0) is 37.8 Å². The molecular weight excluding hydrogens is 570 g/mol. The van der Waals surface area contributed by atoms with Gasteiger partial charge in [0.05, 0.1) is 6.54 Å². The number of hydrogen-bond acceptors (Lipinski definition) is 12. The lowest BCUT2D eigenvalue weighted by Gasteiger charge is -2.31. The zero-order chi connectivity index (χ0) is 29.7. The Labute approximate surface area is 224 Å². The molecule has 1 aliphatic heterocycles. The Balaban J connectivity index is 2.75. The molecule has 39 heavy (non-hydrogen) atoms. The van der Waals surface area contributed by atoms with E-state index in [2.05, 4.69) is 5.32 Å². The van der Waals surface area contributed by atoms with Crippen molar-refractivity contribution in [3.8, 4) is 0 Å². The summed E-state index contributed by atoms with van der Waals surface area (Å²) in [5.41, 5.74) is 0. The molecule has 1 unspecified atom stereocenters. The number of aliphatic hydroxyl groups is 1. The molecule has 1 rings (SSSR count). The van der Waals surface area contributed by atoms with Crippen molar-refractivity contribution in [3.63, 3.8) is 0 Å². The topological polar surface area (TPSA) is 264 Å². The molecule has 7 N–H and O–H groups in total. The zero-order valence-corrected chi connectivity index (χ0v) is 22.9. The van der Waals surface area contributed by atoms with E-state index in [1.54, 1.807) is 14.7 Å². The number of nitrogens with zero attached hydrogens (tertiary/aromatic N) is 3. The summed E-state index contributed by atoms with van der Waals surface area (Å²) in [4.78, 5) is 87.0. The first-order valence-corrected chi connectivity index (χ1v) is 15.0. The van der Waals surface area contributed by atoms with E-state index in [-0.39, 0.29) is 52.0 Å². The number of carbonyl (C=O) groups excluding carboxylic acids is 3. The minimum Gasteiger partial charge on any atom is -0.480 e. The standard InChI is InChI=1S/C19H36N4O14P2/c24-14-36-13-22-7-6-21(12-18(27)28)8-10-23(11-9-22)17(37-15-25)3-2-16(26)20-5-1-4-19(29,38(30,31)32)39(33,34)35/h14-15,17,29H,1-13H2,(H,20,26)(H,27,28)(H2,30,31,32)(H2,33,34,35). The van der Waals surface area contributed by atoms with Gasteiger partial charge in [-0.25, -0.2) is 0 Å². The maximum Gasteiger partial charge on any atom is 0.369 e. The molecule has 0 saturated carbocycles. The lowest BCUT2D eigenvalue weighted by atomic mass is 10.2. The number of carboxylic acid groups (broad SMARTS) is 1. The third kappa shape index (κ3) is 12.0. The van der Waals surface area contributed by atoms with E-state index in [1.807, 2.05) is 0 Å². The molecule has 0 aliphatic carbocycles. The molecule has 1 fully saturated rings. The van der Waals surface area contributed by atoms with Crippen LogP contribution in [0.15, 0.2) is 0 Å². The highest BCUT2D eigenvalue weighted by Crippen LogP contribution is 2.69. The second-order valence-corrected chi connectivity index (χ2v) is 12.8. The molecule has 226 valence electrons. The molecule has 1 amide bonds. The van der Waals surface area contributed by atoms with Gasteiger partial charge in [-0.05, 0) is 6.42 Å². The van der Waals surface area contributed by atoms with Crippen molar-refractivity contribution < 1.29 is 67.6 Å². The van der Waals surface area contributed by atoms with Crippen LogP contribution in [0.3, 0.4) is 0 Å². The molecule has 0 aromatic heterocycles. The van der Waals surface area contributed by atoms with Gasteiger partial charge in [-0.3, -0.25) is 43.0 Å². The number of aliphatic carboxylic acids is 1. The average molecular weight is 606 g/mol. The van der Waals surface area contributed by atoms with Crippen LogP contribution in [0.2, 0.25) is 0 Å². The molecular formula is C19H36N4O14P2. The fourth-order valence-corrected chi connectivity index (χ4v) is 6.07. The SMILES string of the molecule is O=COCN1CCN(CC(=O)O)CCN(C(CCC(=O)NCCCC(O)(P(=O)(O)O)P(=O)(O)O)OC=O)CC1. The van der Waals surface area contributed by atoms with Crippen molar-refractivity contribution in [2.75, 3.05) is 59.1 Å². The molecule has 1 heterocycles. The van der Waals surface area contributed by atoms with Crippen LogP contribution >= 0.6 is 15.2 Å². The second-order valence-electron chi connectivity index (χ2n) is 8.76. The first-order valence-electron chi connectivity index (χ1n) is 11.8. The third-order valence-corrected chi connectivity index (χ3v) is 9.88. The van der Waals surface area contributed by atoms with Crippen LogP contribution in [-0.4, -0.2) is 140 Å². The van der Waals surface area contributed by atoms with Gasteiger partial charge in [0.25, 0.3) is 18.0 Å². The fourth-order valence-electron chi connectivity index (χ4n) is 3.82. The largest absolute Gasteiger partial charge is 0.480 e. The summed E-state index contributed by atoms with van der Waals surface area (Å²) in [5.74, 6) is -1.60. The number of carbonyl (C=O) groups is 4. The normalized spacial score (nSPS) is 17.8. The number of amides is 1. The van der Waals surface area contributed by atoms with E-state index >= 15 is 0 Å². The van der Waals surface area contributed by atoms with Crippen LogP contribution in [0, 0.1) is 0 Å². The predicted octanol–water partition coefficient (Wildman–Crippen LogP) is -2.70. The number of nitrogens with one attached hydrogen (secondary N) is 1. The van der Waals surface area contributed by atoms with Crippen LogP contribution in [0.25, 0.3) is 0 Å². The Morgan fingerprint density at radius 2 is 1.51 bits per heavy atom. The number of rotatable bonds is 17. The van der Waals surface area contributed by atoms with Crippen LogP contribution < -0.4 is 5.32 Å². The van der Waals surface area contributed by atoms with Crippen molar-refractivity contribution in [1.82, 2.24) is 20.0 Å². The van der Waals surface area contributed by atoms with E-state index in [4.69, 9.17) is 29.0 Å². The summed E-state index contributed by atoms with van der Waals surface area (Å²) in [7, 11) is -11.2. The highest BCUT2D eigenvalue weighted by Gasteiger charge is 2.58. The zero-order valence-electron chi connectivity index (χ0n) is 21.1. The first kappa shape index (κ1) is 35.0. The van der Waals surface area contributed by atoms with Gasteiger partial charge in [-0.2, -0.15) is 0 Å². The second kappa shape index (κ2) is 16.3. The summed E-state index contributed by atoms with van der Waals surface area (Å²) in [6.45, 7) is 2.06. The molecule has 18 nitrogen and oxygen atoms in total. The van der Waals surface area contributed by atoms with E-state index < -0.39 is 44.8 Å². The highest BCUT2D eigenvalue weighted by atomic mass is 31.2. The Bertz CT molecular complexity index is 891. The van der Waals surface area contributed by atoms with Gasteiger partial charge in [0, 0.05) is 65.1 Å². The fraction of sp³-hybridized carbons (Fsp3) is 0.789. The van der Waals surface area contributed by atoms with E-state index in [9.17, 15) is 38.5 Å². The Kier molecular flexibility index (Phi) is 14.7. The molecule has 0 aromatic rings. The summed E-state index contributed by atoms with van der Waals surface area (Å²) >= 11 is 0. The van der Waals surface area contributed by atoms with Crippen molar-refractivity contribution in [1.29, 1.82) is 0 Å². The third-order valence-electron chi connectivity index (χ3n) is 6.01. The lowest BCUT2D eigenvalue weighted by Crippen LogP contribution is -2.45. The Hall–Kier alpha value is -1.98. The molecule has 0 spiro atoms. The van der Waals surface area contributed by atoms with E-state index in [1.165, 1.54) is 0 Å². The van der Waals surface area contributed by atoms with Gasteiger partial charge in [0.2, 0.25) is 5.91 Å². The summed E-state index contributed by atoms with van der Waals surface area (Å²) in [6.07, 6.45) is -2.38. The highest BCUT2D eigenvalue weighted by molar-refractivity contribution is 7.72. The van der Waals surface area contributed by atoms with Crippen LogP contribution in [0.5, 0.6) is 0 Å². The average Bonchev–Trinajstić information content (AvgIpc) is 2.92. The van der Waals surface area contributed by atoms with Crippen molar-refractivity contribution >= 4 is 40.0 Å². The smallest absolute Gasteiger partial charge is 0.369 e. The monoisotopic (exact) mass is 606 g/mol. The predicted molar refractivity (Wildman–Crippen MR) is 131 cm³/mol. The molecule has 0 bridgehead atoms. The van der Waals surface area contributed by atoms with Crippen molar-refractivity contribution in [2.45, 2.75) is 37.0 Å². The molecule has 1 saturated heterocycles. The summed E-state index contributed by atoms with van der Waals surface area (Å²) in [5, 5.41) is 17.9. The van der Waals surface area contributed by atoms with Gasteiger partial charge >= 0.3 is 21.2 Å². The maximum absolute atomic E-state index is 12.3. The molecule has 0 aromatic carbocycles. The van der Waals surface area contributed by atoms with Gasteiger partial charge in [-0.1, -0.05) is 0 Å². The molecule has 1 atom stereocenters. The minimum absolute atomic E-state index is 0.0171. The molecule has 1 aliphatic rings. The van der Waals surface area contributed by atoms with Gasteiger partial charge in [0.1, 0.15) is 6.73 Å². The van der Waals surface area contributed by atoms with Crippen molar-refractivity contribution in [2.24, 2.45) is 0 Å².